The lowest BCUT2D eigenvalue weighted by Gasteiger charge is -2.32. The van der Waals surface area contributed by atoms with E-state index in [0.717, 1.165) is 4.90 Å². The molecule has 0 spiro atoms. The molecule has 8 nitrogen and oxygen atoms in total. The van der Waals surface area contributed by atoms with Crippen LogP contribution in [0.15, 0.2) is 12.3 Å². The van der Waals surface area contributed by atoms with E-state index in [0.29, 0.717) is 0 Å². The van der Waals surface area contributed by atoms with Gasteiger partial charge in [-0.25, -0.2) is 14.6 Å². The van der Waals surface area contributed by atoms with Gasteiger partial charge in [0.2, 0.25) is 5.91 Å². The van der Waals surface area contributed by atoms with Crippen LogP contribution in [0.2, 0.25) is 5.02 Å². The summed E-state index contributed by atoms with van der Waals surface area (Å²) in [5, 5.41) is 9.01. The van der Waals surface area contributed by atoms with Gasteiger partial charge in [-0.1, -0.05) is 11.6 Å². The predicted octanol–water partition coefficient (Wildman–Crippen LogP) is 1.24. The van der Waals surface area contributed by atoms with Crippen molar-refractivity contribution in [3.63, 3.8) is 0 Å². The van der Waals surface area contributed by atoms with Crippen LogP contribution in [0.5, 0.6) is 0 Å². The average molecular weight is 328 g/mol. The lowest BCUT2D eigenvalue weighted by molar-refractivity contribution is -0.120. The Labute approximate surface area is 131 Å². The molecular formula is C13H14ClN3O5. The fraction of sp³-hybridized carbons (Fsp3) is 0.385. The van der Waals surface area contributed by atoms with Gasteiger partial charge in [-0.3, -0.25) is 14.6 Å². The van der Waals surface area contributed by atoms with E-state index >= 15 is 0 Å². The molecular weight excluding hydrogens is 314 g/mol. The number of piperazine rings is 1. The lowest BCUT2D eigenvalue weighted by Crippen LogP contribution is -2.52. The van der Waals surface area contributed by atoms with Gasteiger partial charge in [-0.05, 0) is 13.0 Å². The van der Waals surface area contributed by atoms with Gasteiger partial charge in [0.05, 0.1) is 17.2 Å². The Bertz CT molecular complexity index is 622. The summed E-state index contributed by atoms with van der Waals surface area (Å²) in [4.78, 5) is 40.8. The van der Waals surface area contributed by atoms with Crippen molar-refractivity contribution < 1.29 is 24.2 Å². The molecule has 1 aliphatic rings. The molecule has 0 saturated carbocycles. The third-order valence-electron chi connectivity index (χ3n) is 3.08. The highest BCUT2D eigenvalue weighted by atomic mass is 35.5. The molecule has 1 saturated heterocycles. The van der Waals surface area contributed by atoms with E-state index in [-0.39, 0.29) is 42.6 Å². The number of halogens is 1. The summed E-state index contributed by atoms with van der Waals surface area (Å²) < 4.78 is 4.84. The maximum absolute atomic E-state index is 12.0. The molecule has 1 fully saturated rings. The number of esters is 1. The number of pyridine rings is 1. The average Bonchev–Trinajstić information content (AvgIpc) is 2.47. The van der Waals surface area contributed by atoms with Gasteiger partial charge >= 0.3 is 12.1 Å². The molecule has 1 aliphatic heterocycles. The Morgan fingerprint density at radius 3 is 2.73 bits per heavy atom. The van der Waals surface area contributed by atoms with Crippen molar-refractivity contribution in [2.45, 2.75) is 6.92 Å². The summed E-state index contributed by atoms with van der Waals surface area (Å²) in [5.74, 6) is -0.776. The van der Waals surface area contributed by atoms with Gasteiger partial charge in [-0.15, -0.1) is 0 Å². The first-order valence-corrected chi connectivity index (χ1v) is 6.92. The van der Waals surface area contributed by atoms with Crippen molar-refractivity contribution in [2.75, 3.05) is 31.1 Å². The summed E-state index contributed by atoms with van der Waals surface area (Å²) in [6.07, 6.45) is 0.125. The predicted molar refractivity (Wildman–Crippen MR) is 77.2 cm³/mol. The minimum Gasteiger partial charge on any atom is -0.465 e. The number of hydrogen-bond acceptors (Lipinski definition) is 5. The van der Waals surface area contributed by atoms with Crippen LogP contribution < -0.4 is 4.90 Å². The zero-order valence-electron chi connectivity index (χ0n) is 11.8. The maximum Gasteiger partial charge on any atom is 0.407 e. The van der Waals surface area contributed by atoms with Crippen LogP contribution in [0.1, 0.15) is 17.3 Å². The number of amides is 2. The third kappa shape index (κ3) is 3.28. The summed E-state index contributed by atoms with van der Waals surface area (Å²) >= 11 is 6.08. The van der Waals surface area contributed by atoms with E-state index in [1.165, 1.54) is 17.2 Å². The topological polar surface area (TPSA) is 100 Å². The fourth-order valence-electron chi connectivity index (χ4n) is 2.02. The number of anilines is 1. The first-order chi connectivity index (χ1) is 10.4. The second kappa shape index (κ2) is 6.61. The minimum atomic E-state index is -1.15. The van der Waals surface area contributed by atoms with Gasteiger partial charge in [0.15, 0.2) is 5.82 Å². The van der Waals surface area contributed by atoms with Gasteiger partial charge in [0, 0.05) is 19.3 Å². The largest absolute Gasteiger partial charge is 0.465 e. The molecule has 2 heterocycles. The van der Waals surface area contributed by atoms with Gasteiger partial charge in [0.25, 0.3) is 0 Å². The molecule has 0 unspecified atom stereocenters. The van der Waals surface area contributed by atoms with Gasteiger partial charge in [0.1, 0.15) is 6.54 Å². The summed E-state index contributed by atoms with van der Waals surface area (Å²) in [7, 11) is 0. The zero-order valence-corrected chi connectivity index (χ0v) is 12.5. The van der Waals surface area contributed by atoms with Crippen molar-refractivity contribution in [1.82, 2.24) is 9.88 Å². The lowest BCUT2D eigenvalue weighted by atomic mass is 10.2. The molecule has 0 atom stereocenters. The van der Waals surface area contributed by atoms with E-state index in [1.807, 2.05) is 0 Å². The van der Waals surface area contributed by atoms with Gasteiger partial charge < -0.3 is 9.84 Å². The molecule has 1 N–H and O–H groups in total. The third-order valence-corrected chi connectivity index (χ3v) is 3.36. The Morgan fingerprint density at radius 1 is 1.45 bits per heavy atom. The standard InChI is InChI=1S/C13H14ClN3O5/c1-2-22-12(19)8-5-9(14)11(15-6-8)17-4-3-16(13(20)21)7-10(17)18/h5-6H,2-4,7H2,1H3,(H,20,21). The van der Waals surface area contributed by atoms with Crippen molar-refractivity contribution >= 4 is 35.4 Å². The number of carbonyl (C=O) groups excluding carboxylic acids is 2. The maximum atomic E-state index is 12.0. The van der Waals surface area contributed by atoms with E-state index in [2.05, 4.69) is 4.98 Å². The number of aromatic nitrogens is 1. The van der Waals surface area contributed by atoms with Crippen LogP contribution in [-0.2, 0) is 9.53 Å². The molecule has 2 rings (SSSR count). The minimum absolute atomic E-state index is 0.127. The fourth-order valence-corrected chi connectivity index (χ4v) is 2.28. The van der Waals surface area contributed by atoms with E-state index < -0.39 is 18.0 Å². The van der Waals surface area contributed by atoms with E-state index in [1.54, 1.807) is 6.92 Å². The zero-order chi connectivity index (χ0) is 16.3. The second-order valence-electron chi connectivity index (χ2n) is 4.50. The second-order valence-corrected chi connectivity index (χ2v) is 4.91. The number of carboxylic acid groups (broad SMARTS) is 1. The van der Waals surface area contributed by atoms with E-state index in [9.17, 15) is 14.4 Å². The highest BCUT2D eigenvalue weighted by molar-refractivity contribution is 6.33. The van der Waals surface area contributed by atoms with Crippen LogP contribution >= 0.6 is 11.6 Å². The molecule has 9 heteroatoms. The van der Waals surface area contributed by atoms with Crippen LogP contribution in [0.25, 0.3) is 0 Å². The Balaban J connectivity index is 2.18. The van der Waals surface area contributed by atoms with E-state index in [4.69, 9.17) is 21.4 Å². The normalized spacial score (nSPS) is 14.9. The van der Waals surface area contributed by atoms with Gasteiger partial charge in [-0.2, -0.15) is 0 Å². The molecule has 118 valence electrons. The first-order valence-electron chi connectivity index (χ1n) is 6.55. The Kier molecular flexibility index (Phi) is 4.81. The number of rotatable bonds is 3. The van der Waals surface area contributed by atoms with Crippen LogP contribution in [-0.4, -0.2) is 59.2 Å². The highest BCUT2D eigenvalue weighted by Gasteiger charge is 2.30. The summed E-state index contributed by atoms with van der Waals surface area (Å²) in [5.41, 5.74) is 0.187. The van der Waals surface area contributed by atoms with Crippen molar-refractivity contribution in [2.24, 2.45) is 0 Å². The van der Waals surface area contributed by atoms with Crippen molar-refractivity contribution in [3.8, 4) is 0 Å². The monoisotopic (exact) mass is 327 g/mol. The number of ether oxygens (including phenoxy) is 1. The van der Waals surface area contributed by atoms with Crippen LogP contribution in [0.4, 0.5) is 10.6 Å². The van der Waals surface area contributed by atoms with Crippen molar-refractivity contribution in [1.29, 1.82) is 0 Å². The molecule has 1 aromatic heterocycles. The van der Waals surface area contributed by atoms with Crippen LogP contribution in [0, 0.1) is 0 Å². The smallest absolute Gasteiger partial charge is 0.407 e. The number of nitrogens with zero attached hydrogens (tertiary/aromatic N) is 3. The molecule has 0 bridgehead atoms. The Morgan fingerprint density at radius 2 is 2.18 bits per heavy atom. The molecule has 2 amide bonds. The first kappa shape index (κ1) is 16.0. The highest BCUT2D eigenvalue weighted by Crippen LogP contribution is 2.26. The number of carbonyl (C=O) groups is 3. The molecule has 0 radical (unpaired) electrons. The molecule has 0 aliphatic carbocycles. The Hall–Kier alpha value is -2.35. The summed E-state index contributed by atoms with van der Waals surface area (Å²) in [6.45, 7) is 1.97. The molecule has 0 aromatic carbocycles. The van der Waals surface area contributed by atoms with Crippen LogP contribution in [0.3, 0.4) is 0 Å². The van der Waals surface area contributed by atoms with Crippen molar-refractivity contribution in [3.05, 3.63) is 22.8 Å². The SMILES string of the molecule is CCOC(=O)c1cnc(N2CCN(C(=O)O)CC2=O)c(Cl)c1. The molecule has 1 aromatic rings. The quantitative estimate of drug-likeness (QED) is 0.838. The molecule has 22 heavy (non-hydrogen) atoms. The number of hydrogen-bond donors (Lipinski definition) is 1. The summed E-state index contributed by atoms with van der Waals surface area (Å²) in [6, 6.07) is 1.37.